The number of aliphatic carboxylic acids is 1. The summed E-state index contributed by atoms with van der Waals surface area (Å²) in [5.74, 6) is -1.87. The van der Waals surface area contributed by atoms with E-state index in [1.165, 1.54) is 40.2 Å². The number of phenols is 1. The third-order valence-corrected chi connectivity index (χ3v) is 5.96. The second-order valence-electron chi connectivity index (χ2n) is 6.04. The van der Waals surface area contributed by atoms with Gasteiger partial charge in [-0.3, -0.25) is 14.2 Å². The van der Waals surface area contributed by atoms with E-state index in [1.54, 1.807) is 29.6 Å². The van der Waals surface area contributed by atoms with E-state index in [9.17, 15) is 19.1 Å². The van der Waals surface area contributed by atoms with Gasteiger partial charge in [0.25, 0.3) is 5.56 Å². The molecule has 0 aliphatic heterocycles. The number of phenolic OH excluding ortho intramolecular Hbond substituents is 1. The summed E-state index contributed by atoms with van der Waals surface area (Å²) in [7, 11) is 0. The first-order valence-corrected chi connectivity index (χ1v) is 10.3. The van der Waals surface area contributed by atoms with Crippen molar-refractivity contribution in [2.75, 3.05) is 5.75 Å². The molecule has 0 fully saturated rings. The SMILES string of the molecule is O=C(O)CSc1nc2scc(-c3ccccc3O)c2c(=O)n1-c1cccc(F)c1. The number of aromatic nitrogens is 2. The molecule has 2 N–H and O–H groups in total. The first-order valence-electron chi connectivity index (χ1n) is 8.39. The third-order valence-electron chi connectivity index (χ3n) is 4.16. The van der Waals surface area contributed by atoms with Gasteiger partial charge >= 0.3 is 5.97 Å². The lowest BCUT2D eigenvalue weighted by Gasteiger charge is -2.12. The van der Waals surface area contributed by atoms with Crippen LogP contribution in [0.1, 0.15) is 0 Å². The molecule has 0 aliphatic carbocycles. The zero-order chi connectivity index (χ0) is 20.5. The van der Waals surface area contributed by atoms with Gasteiger partial charge in [-0.25, -0.2) is 9.37 Å². The number of carboxylic acid groups (broad SMARTS) is 1. The molecule has 0 unspecified atom stereocenters. The molecular weight excluding hydrogens is 415 g/mol. The average Bonchev–Trinajstić information content (AvgIpc) is 3.11. The Bertz CT molecular complexity index is 1300. The quantitative estimate of drug-likeness (QED) is 0.367. The molecule has 2 aromatic heterocycles. The summed E-state index contributed by atoms with van der Waals surface area (Å²) >= 11 is 2.10. The fraction of sp³-hybridized carbons (Fsp3) is 0.0500. The van der Waals surface area contributed by atoms with Gasteiger partial charge < -0.3 is 10.2 Å². The highest BCUT2D eigenvalue weighted by molar-refractivity contribution is 7.99. The van der Waals surface area contributed by atoms with Gasteiger partial charge in [0.2, 0.25) is 0 Å². The molecule has 0 spiro atoms. The van der Waals surface area contributed by atoms with Crippen LogP contribution < -0.4 is 5.56 Å². The maximum Gasteiger partial charge on any atom is 0.313 e. The molecule has 4 aromatic rings. The fourth-order valence-electron chi connectivity index (χ4n) is 2.94. The maximum absolute atomic E-state index is 13.8. The van der Waals surface area contributed by atoms with Crippen LogP contribution in [0.4, 0.5) is 4.39 Å². The Morgan fingerprint density at radius 3 is 2.69 bits per heavy atom. The first-order chi connectivity index (χ1) is 14.0. The Balaban J connectivity index is 2.02. The van der Waals surface area contributed by atoms with Crippen molar-refractivity contribution in [3.63, 3.8) is 0 Å². The highest BCUT2D eigenvalue weighted by Gasteiger charge is 2.20. The predicted molar refractivity (Wildman–Crippen MR) is 111 cm³/mol. The maximum atomic E-state index is 13.8. The van der Waals surface area contributed by atoms with Crippen molar-refractivity contribution in [3.8, 4) is 22.6 Å². The van der Waals surface area contributed by atoms with Crippen LogP contribution in [0.15, 0.2) is 63.9 Å². The van der Waals surface area contributed by atoms with E-state index in [0.29, 0.717) is 16.0 Å². The Hall–Kier alpha value is -3.17. The van der Waals surface area contributed by atoms with Gasteiger partial charge in [-0.1, -0.05) is 36.0 Å². The van der Waals surface area contributed by atoms with Crippen molar-refractivity contribution in [2.24, 2.45) is 0 Å². The summed E-state index contributed by atoms with van der Waals surface area (Å²) in [6.07, 6.45) is 0. The standard InChI is InChI=1S/C20H13FN2O4S2/c21-11-4-3-5-12(8-11)23-19(27)17-14(13-6-1-2-7-15(13)24)9-28-18(17)22-20(23)29-10-16(25)26/h1-9,24H,10H2,(H,25,26). The molecule has 0 bridgehead atoms. The van der Waals surface area contributed by atoms with Gasteiger partial charge in [-0.05, 0) is 24.3 Å². The van der Waals surface area contributed by atoms with E-state index in [2.05, 4.69) is 4.98 Å². The number of hydrogen-bond acceptors (Lipinski definition) is 6. The summed E-state index contributed by atoms with van der Waals surface area (Å²) in [5.41, 5.74) is 0.773. The van der Waals surface area contributed by atoms with Gasteiger partial charge in [0.1, 0.15) is 16.4 Å². The molecule has 0 aliphatic rings. The zero-order valence-corrected chi connectivity index (χ0v) is 16.3. The van der Waals surface area contributed by atoms with Crippen molar-refractivity contribution in [1.29, 1.82) is 0 Å². The molecule has 4 rings (SSSR count). The normalized spacial score (nSPS) is 11.1. The number of thioether (sulfide) groups is 1. The predicted octanol–water partition coefficient (Wildman–Crippen LogP) is 4.14. The Kier molecular flexibility index (Phi) is 5.08. The number of fused-ring (bicyclic) bond motifs is 1. The van der Waals surface area contributed by atoms with E-state index >= 15 is 0 Å². The van der Waals surface area contributed by atoms with Gasteiger partial charge in [0.15, 0.2) is 5.16 Å². The molecule has 9 heteroatoms. The number of para-hydroxylation sites is 1. The number of thiophene rings is 1. The molecule has 2 aromatic carbocycles. The van der Waals surface area contributed by atoms with Crippen LogP contribution in [-0.2, 0) is 4.79 Å². The molecule has 0 saturated carbocycles. The van der Waals surface area contributed by atoms with E-state index < -0.39 is 17.3 Å². The van der Waals surface area contributed by atoms with Gasteiger partial charge in [0.05, 0.1) is 16.8 Å². The van der Waals surface area contributed by atoms with Crippen LogP contribution in [-0.4, -0.2) is 31.5 Å². The van der Waals surface area contributed by atoms with Crippen LogP contribution in [0, 0.1) is 5.82 Å². The molecule has 6 nitrogen and oxygen atoms in total. The van der Waals surface area contributed by atoms with E-state index in [-0.39, 0.29) is 27.7 Å². The van der Waals surface area contributed by atoms with Crippen LogP contribution >= 0.6 is 23.1 Å². The lowest BCUT2D eigenvalue weighted by atomic mass is 10.1. The lowest BCUT2D eigenvalue weighted by molar-refractivity contribution is -0.133. The molecule has 0 atom stereocenters. The lowest BCUT2D eigenvalue weighted by Crippen LogP contribution is -2.22. The topological polar surface area (TPSA) is 92.4 Å². The minimum atomic E-state index is -1.06. The number of benzene rings is 2. The van der Waals surface area contributed by atoms with Gasteiger partial charge in [0, 0.05) is 16.5 Å². The number of rotatable bonds is 5. The van der Waals surface area contributed by atoms with Gasteiger partial charge in [-0.15, -0.1) is 11.3 Å². The highest BCUT2D eigenvalue weighted by atomic mass is 32.2. The largest absolute Gasteiger partial charge is 0.507 e. The molecule has 0 saturated heterocycles. The number of carbonyl (C=O) groups is 1. The van der Waals surface area contributed by atoms with E-state index in [1.807, 2.05) is 0 Å². The van der Waals surface area contributed by atoms with Crippen LogP contribution in [0.3, 0.4) is 0 Å². The first kappa shape index (κ1) is 19.2. The monoisotopic (exact) mass is 428 g/mol. The Morgan fingerprint density at radius 1 is 1.17 bits per heavy atom. The average molecular weight is 428 g/mol. The van der Waals surface area contributed by atoms with Crippen molar-refractivity contribution in [2.45, 2.75) is 5.16 Å². The van der Waals surface area contributed by atoms with Crippen molar-refractivity contribution in [1.82, 2.24) is 9.55 Å². The Morgan fingerprint density at radius 2 is 1.97 bits per heavy atom. The smallest absolute Gasteiger partial charge is 0.313 e. The fourth-order valence-corrected chi connectivity index (χ4v) is 4.65. The molecule has 29 heavy (non-hydrogen) atoms. The van der Waals surface area contributed by atoms with Crippen LogP contribution in [0.5, 0.6) is 5.75 Å². The Labute approximate surface area is 171 Å². The van der Waals surface area contributed by atoms with Crippen molar-refractivity contribution < 1.29 is 19.4 Å². The molecule has 0 amide bonds. The number of carboxylic acids is 1. The van der Waals surface area contributed by atoms with Gasteiger partial charge in [-0.2, -0.15) is 0 Å². The summed E-state index contributed by atoms with van der Waals surface area (Å²) < 4.78 is 15.0. The number of halogens is 1. The van der Waals surface area contributed by atoms with Crippen molar-refractivity contribution in [3.05, 3.63) is 70.1 Å². The second-order valence-corrected chi connectivity index (χ2v) is 7.84. The summed E-state index contributed by atoms with van der Waals surface area (Å²) in [6, 6.07) is 12.1. The summed E-state index contributed by atoms with van der Waals surface area (Å²) in [4.78, 5) is 29.3. The number of aromatic hydroxyl groups is 1. The van der Waals surface area contributed by atoms with E-state index in [4.69, 9.17) is 5.11 Å². The van der Waals surface area contributed by atoms with Crippen LogP contribution in [0.25, 0.3) is 27.0 Å². The minimum Gasteiger partial charge on any atom is -0.507 e. The summed E-state index contributed by atoms with van der Waals surface area (Å²) in [6.45, 7) is 0. The molecule has 0 radical (unpaired) electrons. The molecule has 2 heterocycles. The van der Waals surface area contributed by atoms with Crippen LogP contribution in [0.2, 0.25) is 0 Å². The van der Waals surface area contributed by atoms with Crippen molar-refractivity contribution >= 4 is 39.3 Å². The van der Waals surface area contributed by atoms with E-state index in [0.717, 1.165) is 11.8 Å². The minimum absolute atomic E-state index is 0.0215. The summed E-state index contributed by atoms with van der Waals surface area (Å²) in [5, 5.41) is 21.4. The second kappa shape index (κ2) is 7.69. The highest BCUT2D eigenvalue weighted by Crippen LogP contribution is 2.37. The molecular formula is C20H13FN2O4S2. The molecule has 146 valence electrons. The zero-order valence-electron chi connectivity index (χ0n) is 14.7. The third kappa shape index (κ3) is 3.62. The number of hydrogen-bond donors (Lipinski definition) is 2. The number of nitrogens with zero attached hydrogens (tertiary/aromatic N) is 2.